The SMILES string of the molecule is CC(C)(C)c1ccc2cc(C(=O)Nc3ccc(F)c(NC(=O)CCN4CCOCC4)c3)[nH]c2c1. The molecule has 8 heteroatoms. The molecule has 3 N–H and O–H groups in total. The number of benzene rings is 2. The zero-order valence-electron chi connectivity index (χ0n) is 19.8. The van der Waals surface area contributed by atoms with Gasteiger partial charge in [-0.1, -0.05) is 32.9 Å². The van der Waals surface area contributed by atoms with Crippen LogP contribution >= 0.6 is 0 Å². The Morgan fingerprint density at radius 3 is 2.56 bits per heavy atom. The third-order valence-corrected chi connectivity index (χ3v) is 5.99. The molecule has 1 aliphatic rings. The number of hydrogen-bond acceptors (Lipinski definition) is 4. The number of fused-ring (bicyclic) bond motifs is 1. The number of morpholine rings is 1. The lowest BCUT2D eigenvalue weighted by Crippen LogP contribution is -2.38. The molecule has 0 spiro atoms. The number of carbonyl (C=O) groups excluding carboxylic acids is 2. The number of nitrogens with one attached hydrogen (secondary N) is 3. The van der Waals surface area contributed by atoms with Crippen molar-refractivity contribution in [3.05, 3.63) is 59.5 Å². The van der Waals surface area contributed by atoms with Crippen molar-refractivity contribution in [3.8, 4) is 0 Å². The van der Waals surface area contributed by atoms with E-state index in [1.807, 2.05) is 6.07 Å². The first-order valence-corrected chi connectivity index (χ1v) is 11.5. The topological polar surface area (TPSA) is 86.5 Å². The van der Waals surface area contributed by atoms with E-state index >= 15 is 0 Å². The van der Waals surface area contributed by atoms with Gasteiger partial charge in [0.05, 0.1) is 18.9 Å². The molecule has 1 fully saturated rings. The standard InChI is InChI=1S/C26H31FN4O3/c1-26(2,3)18-5-4-17-14-23(29-21(17)15-18)25(33)28-19-6-7-20(27)22(16-19)30-24(32)8-9-31-10-12-34-13-11-31/h4-7,14-16,29H,8-13H2,1-3H3,(H,28,33)(H,30,32). The third kappa shape index (κ3) is 5.81. The average Bonchev–Trinajstić information content (AvgIpc) is 3.24. The molecular weight excluding hydrogens is 435 g/mol. The van der Waals surface area contributed by atoms with Crippen LogP contribution in [0.3, 0.4) is 0 Å². The van der Waals surface area contributed by atoms with Crippen LogP contribution in [-0.4, -0.2) is 54.5 Å². The van der Waals surface area contributed by atoms with E-state index < -0.39 is 5.82 Å². The molecule has 3 aromatic rings. The summed E-state index contributed by atoms with van der Waals surface area (Å²) >= 11 is 0. The minimum atomic E-state index is -0.557. The molecule has 0 unspecified atom stereocenters. The van der Waals surface area contributed by atoms with Crippen molar-refractivity contribution in [1.82, 2.24) is 9.88 Å². The molecule has 0 saturated carbocycles. The van der Waals surface area contributed by atoms with Gasteiger partial charge in [-0.3, -0.25) is 14.5 Å². The molecule has 0 aliphatic carbocycles. The zero-order chi connectivity index (χ0) is 24.3. The highest BCUT2D eigenvalue weighted by Gasteiger charge is 2.17. The van der Waals surface area contributed by atoms with Crippen LogP contribution in [0, 0.1) is 5.82 Å². The van der Waals surface area contributed by atoms with Gasteiger partial charge in [-0.2, -0.15) is 0 Å². The lowest BCUT2D eigenvalue weighted by molar-refractivity contribution is -0.116. The van der Waals surface area contributed by atoms with E-state index in [0.717, 1.165) is 24.0 Å². The number of nitrogens with zero attached hydrogens (tertiary/aromatic N) is 1. The predicted octanol–water partition coefficient (Wildman–Crippen LogP) is 4.52. The average molecular weight is 467 g/mol. The molecule has 34 heavy (non-hydrogen) atoms. The first-order chi connectivity index (χ1) is 16.2. The summed E-state index contributed by atoms with van der Waals surface area (Å²) in [5.41, 5.74) is 2.88. The van der Waals surface area contributed by atoms with Crippen molar-refractivity contribution in [2.45, 2.75) is 32.6 Å². The van der Waals surface area contributed by atoms with Crippen molar-refractivity contribution < 1.29 is 18.7 Å². The van der Waals surface area contributed by atoms with Crippen LogP contribution in [0.1, 0.15) is 43.2 Å². The van der Waals surface area contributed by atoms with Gasteiger partial charge in [-0.25, -0.2) is 4.39 Å². The van der Waals surface area contributed by atoms with Gasteiger partial charge in [0.25, 0.3) is 5.91 Å². The summed E-state index contributed by atoms with van der Waals surface area (Å²) < 4.78 is 19.6. The fourth-order valence-corrected chi connectivity index (χ4v) is 3.91. The summed E-state index contributed by atoms with van der Waals surface area (Å²) in [5, 5.41) is 6.33. The fraction of sp³-hybridized carbons (Fsp3) is 0.385. The number of aromatic amines is 1. The molecule has 1 aromatic heterocycles. The normalized spacial score (nSPS) is 14.8. The summed E-state index contributed by atoms with van der Waals surface area (Å²) in [5.74, 6) is -1.18. The number of rotatable bonds is 6. The van der Waals surface area contributed by atoms with E-state index in [2.05, 4.69) is 53.4 Å². The van der Waals surface area contributed by atoms with Crippen LogP contribution in [0.25, 0.3) is 10.9 Å². The highest BCUT2D eigenvalue weighted by Crippen LogP contribution is 2.27. The second-order valence-corrected chi connectivity index (χ2v) is 9.64. The Balaban J connectivity index is 1.41. The summed E-state index contributed by atoms with van der Waals surface area (Å²) in [4.78, 5) is 30.5. The Morgan fingerprint density at radius 2 is 1.82 bits per heavy atom. The number of halogens is 1. The van der Waals surface area contributed by atoms with Gasteiger partial charge in [-0.05, 0) is 41.3 Å². The summed E-state index contributed by atoms with van der Waals surface area (Å²) in [6, 6.07) is 12.0. The molecule has 2 aromatic carbocycles. The van der Waals surface area contributed by atoms with E-state index in [1.165, 1.54) is 23.8 Å². The second kappa shape index (κ2) is 9.95. The molecule has 0 atom stereocenters. The first-order valence-electron chi connectivity index (χ1n) is 11.5. The number of amides is 2. The van der Waals surface area contributed by atoms with Crippen LogP contribution in [-0.2, 0) is 14.9 Å². The monoisotopic (exact) mass is 466 g/mol. The molecule has 2 amide bonds. The van der Waals surface area contributed by atoms with Crippen LogP contribution in [0.2, 0.25) is 0 Å². The minimum Gasteiger partial charge on any atom is -0.379 e. The lowest BCUT2D eigenvalue weighted by Gasteiger charge is -2.26. The summed E-state index contributed by atoms with van der Waals surface area (Å²) in [7, 11) is 0. The lowest BCUT2D eigenvalue weighted by atomic mass is 9.87. The maximum Gasteiger partial charge on any atom is 0.272 e. The molecule has 1 aliphatic heterocycles. The maximum absolute atomic E-state index is 14.3. The van der Waals surface area contributed by atoms with Crippen LogP contribution in [0.4, 0.5) is 15.8 Å². The van der Waals surface area contributed by atoms with Crippen molar-refractivity contribution in [3.63, 3.8) is 0 Å². The molecule has 4 rings (SSSR count). The van der Waals surface area contributed by atoms with Gasteiger partial charge in [0.15, 0.2) is 0 Å². The second-order valence-electron chi connectivity index (χ2n) is 9.64. The fourth-order valence-electron chi connectivity index (χ4n) is 3.91. The highest BCUT2D eigenvalue weighted by atomic mass is 19.1. The van der Waals surface area contributed by atoms with Crippen molar-refractivity contribution in [1.29, 1.82) is 0 Å². The van der Waals surface area contributed by atoms with Gasteiger partial charge >= 0.3 is 0 Å². The van der Waals surface area contributed by atoms with Gasteiger partial charge in [-0.15, -0.1) is 0 Å². The van der Waals surface area contributed by atoms with E-state index in [1.54, 1.807) is 6.07 Å². The first kappa shape index (κ1) is 23.9. The van der Waals surface area contributed by atoms with Crippen molar-refractivity contribution in [2.75, 3.05) is 43.5 Å². The van der Waals surface area contributed by atoms with E-state index in [4.69, 9.17) is 4.74 Å². The molecule has 0 radical (unpaired) electrons. The summed E-state index contributed by atoms with van der Waals surface area (Å²) in [6.07, 6.45) is 0.252. The quantitative estimate of drug-likeness (QED) is 0.499. The molecule has 7 nitrogen and oxygen atoms in total. The summed E-state index contributed by atoms with van der Waals surface area (Å²) in [6.45, 7) is 9.89. The smallest absolute Gasteiger partial charge is 0.272 e. The largest absolute Gasteiger partial charge is 0.379 e. The zero-order valence-corrected chi connectivity index (χ0v) is 19.8. The van der Waals surface area contributed by atoms with E-state index in [9.17, 15) is 14.0 Å². The Morgan fingerprint density at radius 1 is 1.06 bits per heavy atom. The predicted molar refractivity (Wildman–Crippen MR) is 132 cm³/mol. The number of aromatic nitrogens is 1. The van der Waals surface area contributed by atoms with Gasteiger partial charge < -0.3 is 20.4 Å². The van der Waals surface area contributed by atoms with Gasteiger partial charge in [0, 0.05) is 42.6 Å². The maximum atomic E-state index is 14.3. The van der Waals surface area contributed by atoms with Gasteiger partial charge in [0.2, 0.25) is 5.91 Å². The van der Waals surface area contributed by atoms with E-state index in [-0.39, 0.29) is 29.3 Å². The minimum absolute atomic E-state index is 0.00113. The molecule has 2 heterocycles. The van der Waals surface area contributed by atoms with Gasteiger partial charge in [0.1, 0.15) is 11.5 Å². The van der Waals surface area contributed by atoms with Crippen molar-refractivity contribution in [2.24, 2.45) is 0 Å². The number of hydrogen-bond donors (Lipinski definition) is 3. The van der Waals surface area contributed by atoms with Crippen LogP contribution in [0.5, 0.6) is 0 Å². The molecular formula is C26H31FN4O3. The number of H-pyrrole nitrogens is 1. The van der Waals surface area contributed by atoms with Crippen LogP contribution < -0.4 is 10.6 Å². The number of anilines is 2. The molecule has 180 valence electrons. The molecule has 0 bridgehead atoms. The Labute approximate surface area is 198 Å². The number of carbonyl (C=O) groups is 2. The number of ether oxygens (including phenoxy) is 1. The Hall–Kier alpha value is -3.23. The highest BCUT2D eigenvalue weighted by molar-refractivity contribution is 6.06. The van der Waals surface area contributed by atoms with Crippen molar-refractivity contribution >= 4 is 34.1 Å². The van der Waals surface area contributed by atoms with Crippen LogP contribution in [0.15, 0.2) is 42.5 Å². The third-order valence-electron chi connectivity index (χ3n) is 5.99. The molecule has 1 saturated heterocycles. The van der Waals surface area contributed by atoms with E-state index in [0.29, 0.717) is 31.1 Å². The Bertz CT molecular complexity index is 1190. The Kier molecular flexibility index (Phi) is 7.00.